The van der Waals surface area contributed by atoms with E-state index in [0.717, 1.165) is 25.5 Å². The molecule has 0 atom stereocenters. The molecule has 0 bridgehead atoms. The van der Waals surface area contributed by atoms with Crippen LogP contribution in [0.4, 0.5) is 0 Å². The maximum atomic E-state index is 11.4. The fraction of sp³-hybridized carbons (Fsp3) is 0.846. The molecule has 0 aliphatic heterocycles. The van der Waals surface area contributed by atoms with Crippen molar-refractivity contribution in [1.29, 1.82) is 0 Å². The molecule has 20 heavy (non-hydrogen) atoms. The Balaban J connectivity index is 0. The third-order valence-electron chi connectivity index (χ3n) is 2.50. The van der Waals surface area contributed by atoms with Crippen LogP contribution < -0.4 is 10.6 Å². The molecule has 0 aromatic rings. The predicted octanol–water partition coefficient (Wildman–Crippen LogP) is 1.78. The number of unbranched alkanes of at least 4 members (excludes halogenated alkanes) is 1. The zero-order chi connectivity index (χ0) is 14.5. The van der Waals surface area contributed by atoms with E-state index in [-0.39, 0.29) is 29.9 Å². The van der Waals surface area contributed by atoms with E-state index in [9.17, 15) is 4.79 Å². The first-order valence-corrected chi connectivity index (χ1v) is 8.22. The molecular weight excluding hydrogens is 387 g/mol. The van der Waals surface area contributed by atoms with Crippen molar-refractivity contribution in [2.75, 3.05) is 45.7 Å². The van der Waals surface area contributed by atoms with Gasteiger partial charge in [-0.3, -0.25) is 9.79 Å². The lowest BCUT2D eigenvalue weighted by molar-refractivity contribution is -0.128. The second-order valence-electron chi connectivity index (χ2n) is 4.43. The summed E-state index contributed by atoms with van der Waals surface area (Å²) in [5.41, 5.74) is 0. The van der Waals surface area contributed by atoms with Crippen LogP contribution in [0.2, 0.25) is 0 Å². The molecule has 0 rings (SSSR count). The number of guanidine groups is 1. The van der Waals surface area contributed by atoms with E-state index in [4.69, 9.17) is 0 Å². The standard InChI is InChI=1S/C13H28N4OS.HI/c1-5-14-13(15-9-6-7-11-19-4)16-10-8-12(18)17(2)3;/h5-11H2,1-4H3,(H2,14,15,16);1H. The zero-order valence-corrected chi connectivity index (χ0v) is 16.2. The van der Waals surface area contributed by atoms with Gasteiger partial charge in [0.05, 0.1) is 0 Å². The molecule has 0 fully saturated rings. The summed E-state index contributed by atoms with van der Waals surface area (Å²) in [7, 11) is 3.54. The van der Waals surface area contributed by atoms with Gasteiger partial charge in [0.2, 0.25) is 5.91 Å². The lowest BCUT2D eigenvalue weighted by atomic mass is 10.3. The van der Waals surface area contributed by atoms with Crippen molar-refractivity contribution in [3.05, 3.63) is 0 Å². The summed E-state index contributed by atoms with van der Waals surface area (Å²) < 4.78 is 0. The van der Waals surface area contributed by atoms with Crippen molar-refractivity contribution >= 4 is 47.6 Å². The van der Waals surface area contributed by atoms with Crippen molar-refractivity contribution in [1.82, 2.24) is 15.5 Å². The van der Waals surface area contributed by atoms with Gasteiger partial charge in [0.1, 0.15) is 0 Å². The average molecular weight is 416 g/mol. The number of amides is 1. The molecule has 7 heteroatoms. The minimum Gasteiger partial charge on any atom is -0.357 e. The van der Waals surface area contributed by atoms with E-state index in [1.807, 2.05) is 18.7 Å². The Bertz CT molecular complexity index is 275. The summed E-state index contributed by atoms with van der Waals surface area (Å²) in [4.78, 5) is 17.5. The number of nitrogens with zero attached hydrogens (tertiary/aromatic N) is 2. The van der Waals surface area contributed by atoms with Crippen LogP contribution in [0.25, 0.3) is 0 Å². The summed E-state index contributed by atoms with van der Waals surface area (Å²) in [5.74, 6) is 2.12. The molecule has 0 saturated heterocycles. The summed E-state index contributed by atoms with van der Waals surface area (Å²) in [6.07, 6.45) is 4.91. The Morgan fingerprint density at radius 2 is 1.95 bits per heavy atom. The first-order valence-electron chi connectivity index (χ1n) is 6.83. The van der Waals surface area contributed by atoms with E-state index >= 15 is 0 Å². The number of rotatable bonds is 9. The van der Waals surface area contributed by atoms with Crippen molar-refractivity contribution in [2.45, 2.75) is 26.2 Å². The lowest BCUT2D eigenvalue weighted by Gasteiger charge is -2.13. The van der Waals surface area contributed by atoms with Gasteiger partial charge >= 0.3 is 0 Å². The minimum absolute atomic E-state index is 0. The van der Waals surface area contributed by atoms with E-state index in [0.29, 0.717) is 13.0 Å². The molecular formula is C13H29IN4OS. The molecule has 0 radical (unpaired) electrons. The van der Waals surface area contributed by atoms with E-state index in [1.54, 1.807) is 19.0 Å². The highest BCUT2D eigenvalue weighted by molar-refractivity contribution is 14.0. The summed E-state index contributed by atoms with van der Waals surface area (Å²) >= 11 is 1.87. The maximum Gasteiger partial charge on any atom is 0.223 e. The zero-order valence-electron chi connectivity index (χ0n) is 13.1. The molecule has 0 aromatic carbocycles. The highest BCUT2D eigenvalue weighted by atomic mass is 127. The largest absolute Gasteiger partial charge is 0.357 e. The minimum atomic E-state index is 0. The highest BCUT2D eigenvalue weighted by Gasteiger charge is 2.03. The van der Waals surface area contributed by atoms with Crippen molar-refractivity contribution in [2.24, 2.45) is 4.99 Å². The van der Waals surface area contributed by atoms with Crippen LogP contribution in [0.15, 0.2) is 4.99 Å². The molecule has 120 valence electrons. The Kier molecular flexibility index (Phi) is 16.8. The Morgan fingerprint density at radius 3 is 2.50 bits per heavy atom. The summed E-state index contributed by atoms with van der Waals surface area (Å²) in [6.45, 7) is 4.32. The molecule has 0 aliphatic rings. The number of hydrogen-bond donors (Lipinski definition) is 2. The molecule has 0 spiro atoms. The van der Waals surface area contributed by atoms with Crippen LogP contribution in [0.3, 0.4) is 0 Å². The highest BCUT2D eigenvalue weighted by Crippen LogP contribution is 1.98. The lowest BCUT2D eigenvalue weighted by Crippen LogP contribution is -2.39. The number of aliphatic imine (C=N–C) groups is 1. The molecule has 0 unspecified atom stereocenters. The van der Waals surface area contributed by atoms with Crippen LogP contribution in [0.1, 0.15) is 26.2 Å². The molecule has 5 nitrogen and oxygen atoms in total. The van der Waals surface area contributed by atoms with Crippen LogP contribution >= 0.6 is 35.7 Å². The average Bonchev–Trinajstić information content (AvgIpc) is 2.38. The second-order valence-corrected chi connectivity index (χ2v) is 5.41. The number of thioether (sulfide) groups is 1. The maximum absolute atomic E-state index is 11.4. The van der Waals surface area contributed by atoms with E-state index < -0.39 is 0 Å². The molecule has 0 aliphatic carbocycles. The number of halogens is 1. The molecule has 0 heterocycles. The second kappa shape index (κ2) is 15.2. The molecule has 1 amide bonds. The van der Waals surface area contributed by atoms with Crippen molar-refractivity contribution in [3.8, 4) is 0 Å². The van der Waals surface area contributed by atoms with Crippen molar-refractivity contribution in [3.63, 3.8) is 0 Å². The third-order valence-corrected chi connectivity index (χ3v) is 3.20. The van der Waals surface area contributed by atoms with E-state index in [1.165, 1.54) is 12.2 Å². The van der Waals surface area contributed by atoms with Gasteiger partial charge in [-0.1, -0.05) is 0 Å². The Hall–Kier alpha value is -0.180. The van der Waals surface area contributed by atoms with Crippen LogP contribution in [0.5, 0.6) is 0 Å². The van der Waals surface area contributed by atoms with Crippen LogP contribution in [-0.2, 0) is 4.79 Å². The van der Waals surface area contributed by atoms with Gasteiger partial charge in [-0.2, -0.15) is 11.8 Å². The van der Waals surface area contributed by atoms with Crippen molar-refractivity contribution < 1.29 is 4.79 Å². The van der Waals surface area contributed by atoms with Gasteiger partial charge in [-0.25, -0.2) is 0 Å². The molecule has 0 aromatic heterocycles. The molecule has 2 N–H and O–H groups in total. The van der Waals surface area contributed by atoms with Gasteiger partial charge < -0.3 is 15.5 Å². The monoisotopic (exact) mass is 416 g/mol. The number of hydrogen-bond acceptors (Lipinski definition) is 3. The quantitative estimate of drug-likeness (QED) is 0.261. The number of carbonyl (C=O) groups is 1. The SMILES string of the molecule is CCNC(=NCCCCSC)NCCC(=O)N(C)C.I. The topological polar surface area (TPSA) is 56.7 Å². The summed E-state index contributed by atoms with van der Waals surface area (Å²) in [5, 5.41) is 6.37. The fourth-order valence-corrected chi connectivity index (χ4v) is 1.90. The predicted molar refractivity (Wildman–Crippen MR) is 100 cm³/mol. The first-order chi connectivity index (χ1) is 9.11. The normalized spacial score (nSPS) is 10.7. The van der Waals surface area contributed by atoms with Gasteiger partial charge in [-0.05, 0) is 31.8 Å². The number of nitrogens with one attached hydrogen (secondary N) is 2. The Labute approximate surface area is 144 Å². The van der Waals surface area contributed by atoms with Gasteiger partial charge in [0, 0.05) is 40.2 Å². The Morgan fingerprint density at radius 1 is 1.25 bits per heavy atom. The molecule has 0 saturated carbocycles. The smallest absolute Gasteiger partial charge is 0.223 e. The van der Waals surface area contributed by atoms with Crippen LogP contribution in [-0.4, -0.2) is 62.5 Å². The summed E-state index contributed by atoms with van der Waals surface area (Å²) in [6, 6.07) is 0. The van der Waals surface area contributed by atoms with Gasteiger partial charge in [0.25, 0.3) is 0 Å². The van der Waals surface area contributed by atoms with E-state index in [2.05, 4.69) is 21.9 Å². The third kappa shape index (κ3) is 12.8. The van der Waals surface area contributed by atoms with Gasteiger partial charge in [0.15, 0.2) is 5.96 Å². The van der Waals surface area contributed by atoms with Gasteiger partial charge in [-0.15, -0.1) is 24.0 Å². The number of carbonyl (C=O) groups excluding carboxylic acids is 1. The first kappa shape index (κ1) is 22.1. The fourth-order valence-electron chi connectivity index (χ4n) is 1.40. The van der Waals surface area contributed by atoms with Crippen LogP contribution in [0, 0.1) is 0 Å².